The molecule has 1 heterocycles. The number of phenolic OH excluding ortho intramolecular Hbond substituents is 1. The van der Waals surface area contributed by atoms with Crippen molar-refractivity contribution in [2.45, 2.75) is 4.43 Å². The normalized spacial score (nSPS) is 10.9. The summed E-state index contributed by atoms with van der Waals surface area (Å²) < 4.78 is 0.760. The van der Waals surface area contributed by atoms with E-state index in [4.69, 9.17) is 5.73 Å². The Morgan fingerprint density at radius 3 is 2.79 bits per heavy atom. The van der Waals surface area contributed by atoms with E-state index in [9.17, 15) is 20.0 Å². The number of carbonyl (C=O) groups excluding carboxylic acids is 1. The van der Waals surface area contributed by atoms with Crippen LogP contribution in [0.4, 0.5) is 23.0 Å². The van der Waals surface area contributed by atoms with E-state index in [0.717, 1.165) is 21.7 Å². The molecule has 11 heteroatoms. The summed E-state index contributed by atoms with van der Waals surface area (Å²) in [4.78, 5) is 26.2. The van der Waals surface area contributed by atoms with E-state index in [1.54, 1.807) is 0 Å². The minimum absolute atomic E-state index is 0.0461. The molecular weight excluding hydrogens is 491 g/mol. The Balaban J connectivity index is 1.91. The number of hydrogen-bond acceptors (Lipinski definition) is 7. The van der Waals surface area contributed by atoms with Gasteiger partial charge in [0.25, 0.3) is 5.91 Å². The molecule has 0 aliphatic heterocycles. The van der Waals surface area contributed by atoms with Crippen molar-refractivity contribution in [1.29, 1.82) is 0 Å². The summed E-state index contributed by atoms with van der Waals surface area (Å²) in [5, 5.41) is 30.3. The first-order valence-corrected chi connectivity index (χ1v) is 9.73. The Hall–Kier alpha value is -3.48. The fourth-order valence-corrected chi connectivity index (χ4v) is 3.22. The lowest BCUT2D eigenvalue weighted by atomic mass is 10.2. The number of nitrogens with one attached hydrogen (secondary N) is 2. The minimum Gasteiger partial charge on any atom is -0.502 e. The van der Waals surface area contributed by atoms with Gasteiger partial charge in [-0.15, -0.1) is 0 Å². The lowest BCUT2D eigenvalue weighted by Crippen LogP contribution is -2.12. The number of nitro benzene ring substituents is 1. The Morgan fingerprint density at radius 1 is 1.38 bits per heavy atom. The number of primary amides is 1. The number of alkyl halides is 1. The smallest absolute Gasteiger partial charge is 0.310 e. The highest BCUT2D eigenvalue weighted by atomic mass is 127. The van der Waals surface area contributed by atoms with E-state index >= 15 is 0 Å². The van der Waals surface area contributed by atoms with Gasteiger partial charge < -0.3 is 16.2 Å². The molecule has 0 saturated heterocycles. The molecule has 2 aromatic carbocycles. The second-order valence-electron chi connectivity index (χ2n) is 5.84. The van der Waals surface area contributed by atoms with Crippen LogP contribution in [0.5, 0.6) is 5.75 Å². The van der Waals surface area contributed by atoms with Crippen LogP contribution in [0.1, 0.15) is 21.5 Å². The van der Waals surface area contributed by atoms with E-state index < -0.39 is 22.3 Å². The molecule has 148 valence electrons. The second-order valence-corrected chi connectivity index (χ2v) is 6.60. The van der Waals surface area contributed by atoms with Crippen molar-refractivity contribution in [3.8, 4) is 5.75 Å². The number of aliphatic imine (C=N–C) groups is 1. The molecule has 5 N–H and O–H groups in total. The Morgan fingerprint density at radius 2 is 2.14 bits per heavy atom. The number of nitrogens with two attached hydrogens (primary N) is 1. The molecule has 1 aromatic heterocycles. The SMILES string of the molecule is NC(=O)c1c(N=Cc2ccc([N+](=O)[O-])c(O)c2)n[nH]c1Nc1ccccc1CI. The van der Waals surface area contributed by atoms with Gasteiger partial charge in [-0.05, 0) is 29.3 Å². The summed E-state index contributed by atoms with van der Waals surface area (Å²) in [6, 6.07) is 11.3. The van der Waals surface area contributed by atoms with Crippen molar-refractivity contribution in [1.82, 2.24) is 10.2 Å². The van der Waals surface area contributed by atoms with Crippen LogP contribution in [0.2, 0.25) is 0 Å². The van der Waals surface area contributed by atoms with E-state index in [2.05, 4.69) is 43.1 Å². The molecule has 0 radical (unpaired) electrons. The molecule has 0 saturated carbocycles. The van der Waals surface area contributed by atoms with Crippen LogP contribution in [0.25, 0.3) is 0 Å². The predicted molar refractivity (Wildman–Crippen MR) is 117 cm³/mol. The number of aromatic amines is 1. The maximum Gasteiger partial charge on any atom is 0.310 e. The number of aromatic hydroxyl groups is 1. The van der Waals surface area contributed by atoms with Crippen LogP contribution in [-0.4, -0.2) is 32.3 Å². The first-order chi connectivity index (χ1) is 13.9. The van der Waals surface area contributed by atoms with Crippen LogP contribution in [0, 0.1) is 10.1 Å². The molecule has 29 heavy (non-hydrogen) atoms. The molecule has 10 nitrogen and oxygen atoms in total. The average Bonchev–Trinajstić information content (AvgIpc) is 3.09. The van der Waals surface area contributed by atoms with Crippen LogP contribution < -0.4 is 11.1 Å². The number of aromatic nitrogens is 2. The fraction of sp³-hybridized carbons (Fsp3) is 0.0556. The molecule has 0 aliphatic carbocycles. The van der Waals surface area contributed by atoms with Crippen LogP contribution in [0.3, 0.4) is 0 Å². The maximum atomic E-state index is 12.0. The standard InChI is InChI=1S/C18H15IN6O4/c19-8-11-3-1-2-4-12(11)22-18-15(16(20)27)17(23-24-18)21-9-10-5-6-13(25(28)29)14(26)7-10/h1-7,9,26H,8H2,(H2,20,27)(H2,22,23,24). The zero-order valence-electron chi connectivity index (χ0n) is 14.8. The van der Waals surface area contributed by atoms with Gasteiger partial charge in [-0.25, -0.2) is 4.99 Å². The van der Waals surface area contributed by atoms with E-state index in [0.29, 0.717) is 11.4 Å². The van der Waals surface area contributed by atoms with Gasteiger partial charge in [0.05, 0.1) is 4.92 Å². The zero-order valence-corrected chi connectivity index (χ0v) is 17.0. The summed E-state index contributed by atoms with van der Waals surface area (Å²) in [6.07, 6.45) is 1.31. The van der Waals surface area contributed by atoms with Crippen LogP contribution >= 0.6 is 22.6 Å². The van der Waals surface area contributed by atoms with Gasteiger partial charge >= 0.3 is 5.69 Å². The predicted octanol–water partition coefficient (Wildman–Crippen LogP) is 3.55. The van der Waals surface area contributed by atoms with Gasteiger partial charge in [0.1, 0.15) is 11.4 Å². The summed E-state index contributed by atoms with van der Waals surface area (Å²) in [7, 11) is 0. The number of H-pyrrole nitrogens is 1. The van der Waals surface area contributed by atoms with Crippen molar-refractivity contribution in [2.75, 3.05) is 5.32 Å². The monoisotopic (exact) mass is 506 g/mol. The van der Waals surface area contributed by atoms with Crippen molar-refractivity contribution >= 4 is 57.7 Å². The number of hydrogen-bond donors (Lipinski definition) is 4. The summed E-state index contributed by atoms with van der Waals surface area (Å²) in [6.45, 7) is 0. The van der Waals surface area contributed by atoms with Gasteiger partial charge in [-0.1, -0.05) is 40.8 Å². The summed E-state index contributed by atoms with van der Waals surface area (Å²) in [5.74, 6) is -0.876. The van der Waals surface area contributed by atoms with E-state index in [1.165, 1.54) is 18.3 Å². The number of nitrogens with zero attached hydrogens (tertiary/aromatic N) is 3. The molecule has 0 atom stereocenters. The number of amides is 1. The summed E-state index contributed by atoms with van der Waals surface area (Å²) >= 11 is 2.23. The Kier molecular flexibility index (Phi) is 6.07. The highest BCUT2D eigenvalue weighted by Crippen LogP contribution is 2.29. The average molecular weight is 506 g/mol. The van der Waals surface area contributed by atoms with Gasteiger partial charge in [-0.3, -0.25) is 20.0 Å². The Bertz CT molecular complexity index is 1110. The van der Waals surface area contributed by atoms with Crippen molar-refractivity contribution in [2.24, 2.45) is 10.7 Å². The molecule has 0 spiro atoms. The van der Waals surface area contributed by atoms with Gasteiger partial charge in [0.15, 0.2) is 11.6 Å². The lowest BCUT2D eigenvalue weighted by molar-refractivity contribution is -0.385. The van der Waals surface area contributed by atoms with Gasteiger partial charge in [0, 0.05) is 22.4 Å². The number of benzene rings is 2. The number of halogens is 1. The number of phenols is 1. The molecule has 3 aromatic rings. The topological polar surface area (TPSA) is 160 Å². The second kappa shape index (κ2) is 8.68. The molecule has 3 rings (SSSR count). The van der Waals surface area contributed by atoms with Gasteiger partial charge in [-0.2, -0.15) is 5.10 Å². The first-order valence-electron chi connectivity index (χ1n) is 8.21. The lowest BCUT2D eigenvalue weighted by Gasteiger charge is -2.09. The number of anilines is 2. The van der Waals surface area contributed by atoms with Crippen LogP contribution in [0.15, 0.2) is 47.5 Å². The number of carbonyl (C=O) groups is 1. The molecule has 0 fully saturated rings. The minimum atomic E-state index is -0.730. The summed E-state index contributed by atoms with van der Waals surface area (Å²) in [5.41, 5.74) is 7.36. The maximum absolute atomic E-state index is 12.0. The molecular formula is C18H15IN6O4. The highest BCUT2D eigenvalue weighted by molar-refractivity contribution is 14.1. The molecule has 1 amide bonds. The largest absolute Gasteiger partial charge is 0.502 e. The third-order valence-corrected chi connectivity index (χ3v) is 4.77. The fourth-order valence-electron chi connectivity index (χ4n) is 2.55. The first kappa shape index (κ1) is 20.3. The zero-order chi connectivity index (χ0) is 21.0. The van der Waals surface area contributed by atoms with E-state index in [-0.39, 0.29) is 11.4 Å². The molecule has 0 bridgehead atoms. The molecule has 0 aliphatic rings. The van der Waals surface area contributed by atoms with Crippen molar-refractivity contribution in [3.05, 3.63) is 69.3 Å². The highest BCUT2D eigenvalue weighted by Gasteiger charge is 2.19. The Labute approximate surface area is 178 Å². The van der Waals surface area contributed by atoms with Crippen molar-refractivity contribution < 1.29 is 14.8 Å². The number of para-hydroxylation sites is 1. The third-order valence-electron chi connectivity index (χ3n) is 3.95. The van der Waals surface area contributed by atoms with Gasteiger partial charge in [0.2, 0.25) is 0 Å². The van der Waals surface area contributed by atoms with Crippen molar-refractivity contribution in [3.63, 3.8) is 0 Å². The number of rotatable bonds is 7. The quantitative estimate of drug-likeness (QED) is 0.126. The van der Waals surface area contributed by atoms with Crippen LogP contribution in [-0.2, 0) is 4.43 Å². The molecule has 0 unspecified atom stereocenters. The van der Waals surface area contributed by atoms with E-state index in [1.807, 2.05) is 24.3 Å². The third kappa shape index (κ3) is 4.51. The number of nitro groups is 1.